The van der Waals surface area contributed by atoms with E-state index in [1.165, 1.54) is 17.5 Å². The molecule has 9 heteroatoms. The summed E-state index contributed by atoms with van der Waals surface area (Å²) in [5.41, 5.74) is 3.81. The van der Waals surface area contributed by atoms with E-state index >= 15 is 0 Å². The van der Waals surface area contributed by atoms with E-state index in [9.17, 15) is 9.00 Å². The maximum atomic E-state index is 13.2. The molecule has 2 N–H and O–H groups in total. The van der Waals surface area contributed by atoms with Gasteiger partial charge in [0.25, 0.3) is 5.91 Å². The Morgan fingerprint density at radius 1 is 1.20 bits per heavy atom. The van der Waals surface area contributed by atoms with Crippen LogP contribution in [0, 0.1) is 17.8 Å². The molecule has 2 aromatic carbocycles. The number of hydrogen-bond donors (Lipinski definition) is 1. The predicted molar refractivity (Wildman–Crippen MR) is 162 cm³/mol. The normalized spacial score (nSPS) is 36.9. The maximum Gasteiger partial charge on any atom is 0.286 e. The Morgan fingerprint density at radius 2 is 2.07 bits per heavy atom. The minimum absolute atomic E-state index is 0.0305. The summed E-state index contributed by atoms with van der Waals surface area (Å²) in [6.07, 6.45) is 10.1. The Morgan fingerprint density at radius 3 is 2.88 bits per heavy atom. The number of amides is 1. The molecule has 41 heavy (non-hydrogen) atoms. The van der Waals surface area contributed by atoms with E-state index in [-0.39, 0.29) is 17.3 Å². The zero-order valence-corrected chi connectivity index (χ0v) is 25.0. The highest BCUT2D eigenvalue weighted by atomic mass is 35.5. The lowest BCUT2D eigenvalue weighted by Crippen LogP contribution is -2.49. The van der Waals surface area contributed by atoms with Crippen molar-refractivity contribution in [2.75, 3.05) is 37.5 Å². The molecule has 1 spiro atoms. The maximum absolute atomic E-state index is 13.2. The molecule has 7 rings (SSSR count). The first-order chi connectivity index (χ1) is 19.7. The summed E-state index contributed by atoms with van der Waals surface area (Å²) in [5, 5.41) is 6.80. The van der Waals surface area contributed by atoms with Gasteiger partial charge in [-0.3, -0.25) is 4.79 Å². The smallest absolute Gasteiger partial charge is 0.286 e. The van der Waals surface area contributed by atoms with E-state index in [1.807, 2.05) is 18.2 Å². The molecule has 218 valence electrons. The van der Waals surface area contributed by atoms with Crippen LogP contribution in [0.4, 0.5) is 5.69 Å². The number of allylic oxidation sites excluding steroid dienone is 1. The summed E-state index contributed by atoms with van der Waals surface area (Å²) in [6.45, 7) is 2.20. The quantitative estimate of drug-likeness (QED) is 0.417. The van der Waals surface area contributed by atoms with Crippen LogP contribution in [0.2, 0.25) is 5.02 Å². The number of anilines is 1. The highest BCUT2D eigenvalue weighted by molar-refractivity contribution is 7.91. The number of benzene rings is 2. The standard InChI is InChI=1S/C32H38ClN3O4S/c1-39-29-5-3-2-4-12-41(34,38)35-31(37)20-7-11-30-28(14-20)36(17-21-6-9-24(21)29)18-32(19-40-30)16-22-13-25(22)26-15-23(33)8-10-27(26)32/h3,5,7-8,10-11,14-15,21-22,24-25,29H,2,4,6,9,12-13,16-19H2,1H3,(H2,34,35,37,38)/b5-3+/t21-,22-,24+,25-,29-,32-,41?/m0/s1. The summed E-state index contributed by atoms with van der Waals surface area (Å²) < 4.78 is 29.5. The van der Waals surface area contributed by atoms with Crippen molar-refractivity contribution in [1.82, 2.24) is 0 Å². The van der Waals surface area contributed by atoms with E-state index in [4.69, 9.17) is 26.2 Å². The number of fused-ring (bicyclic) bond motifs is 6. The average Bonchev–Trinajstić information content (AvgIpc) is 3.72. The molecule has 2 heterocycles. The number of halogens is 1. The van der Waals surface area contributed by atoms with Gasteiger partial charge >= 0.3 is 0 Å². The summed E-state index contributed by atoms with van der Waals surface area (Å²) in [7, 11) is -1.35. The molecule has 2 aliphatic heterocycles. The molecule has 3 aliphatic carbocycles. The first-order valence-corrected chi connectivity index (χ1v) is 17.0. The van der Waals surface area contributed by atoms with Crippen LogP contribution in [0.5, 0.6) is 5.75 Å². The minimum atomic E-state index is -3.13. The Labute approximate surface area is 247 Å². The first kappa shape index (κ1) is 27.4. The Kier molecular flexibility index (Phi) is 6.96. The first-order valence-electron chi connectivity index (χ1n) is 14.8. The van der Waals surface area contributed by atoms with Crippen LogP contribution in [0.15, 0.2) is 52.9 Å². The van der Waals surface area contributed by atoms with Gasteiger partial charge < -0.3 is 14.4 Å². The second-order valence-electron chi connectivity index (χ2n) is 12.7. The van der Waals surface area contributed by atoms with Gasteiger partial charge in [-0.1, -0.05) is 29.8 Å². The van der Waals surface area contributed by atoms with Crippen molar-refractivity contribution in [3.63, 3.8) is 0 Å². The van der Waals surface area contributed by atoms with Crippen LogP contribution in [0.1, 0.15) is 65.9 Å². The summed E-state index contributed by atoms with van der Waals surface area (Å²) in [4.78, 5) is 15.7. The minimum Gasteiger partial charge on any atom is -0.490 e. The molecule has 0 saturated heterocycles. The Hall–Kier alpha value is -2.39. The Bertz CT molecular complexity index is 1530. The zero-order valence-electron chi connectivity index (χ0n) is 23.5. The predicted octanol–water partition coefficient (Wildman–Crippen LogP) is 5.86. The number of nitrogens with zero attached hydrogens (tertiary/aromatic N) is 2. The highest BCUT2D eigenvalue weighted by Gasteiger charge is 2.54. The number of carbonyl (C=O) groups excluding carboxylic acids is 1. The lowest BCUT2D eigenvalue weighted by Gasteiger charge is -2.46. The molecule has 2 bridgehead atoms. The molecule has 7 atom stereocenters. The van der Waals surface area contributed by atoms with Crippen LogP contribution < -0.4 is 14.8 Å². The lowest BCUT2D eigenvalue weighted by atomic mass is 9.68. The van der Waals surface area contributed by atoms with Crippen molar-refractivity contribution >= 4 is 33.1 Å². The van der Waals surface area contributed by atoms with Crippen molar-refractivity contribution in [2.45, 2.75) is 56.0 Å². The molecular weight excluding hydrogens is 558 g/mol. The van der Waals surface area contributed by atoms with Crippen molar-refractivity contribution in [3.05, 3.63) is 70.3 Å². The summed E-state index contributed by atoms with van der Waals surface area (Å²) in [6, 6.07) is 11.9. The van der Waals surface area contributed by atoms with Gasteiger partial charge in [-0.2, -0.15) is 0 Å². The summed E-state index contributed by atoms with van der Waals surface area (Å²) >= 11 is 6.48. The van der Waals surface area contributed by atoms with Crippen LogP contribution in [-0.2, 0) is 20.1 Å². The fraction of sp³-hybridized carbons (Fsp3) is 0.531. The van der Waals surface area contributed by atoms with E-state index in [1.54, 1.807) is 13.2 Å². The van der Waals surface area contributed by atoms with Crippen molar-refractivity contribution in [1.29, 1.82) is 0 Å². The molecule has 1 amide bonds. The number of carbonyl (C=O) groups is 1. The third kappa shape index (κ3) is 5.11. The Balaban J connectivity index is 1.32. The van der Waals surface area contributed by atoms with Crippen LogP contribution in [0.3, 0.4) is 0 Å². The molecule has 2 aromatic rings. The van der Waals surface area contributed by atoms with Crippen LogP contribution in [-0.4, -0.2) is 48.8 Å². The summed E-state index contributed by atoms with van der Waals surface area (Å²) in [5.74, 6) is 2.49. The monoisotopic (exact) mass is 595 g/mol. The van der Waals surface area contributed by atoms with Gasteiger partial charge in [0.2, 0.25) is 0 Å². The number of ether oxygens (including phenoxy) is 2. The molecule has 0 aromatic heterocycles. The van der Waals surface area contributed by atoms with Gasteiger partial charge in [-0.25, -0.2) is 9.35 Å². The number of hydrogen-bond acceptors (Lipinski definition) is 5. The highest BCUT2D eigenvalue weighted by Crippen LogP contribution is 2.61. The number of rotatable bonds is 1. The molecular formula is C32H38ClN3O4S. The molecule has 1 unspecified atom stereocenters. The lowest BCUT2D eigenvalue weighted by molar-refractivity contribution is 0.0131. The van der Waals surface area contributed by atoms with Crippen molar-refractivity contribution < 1.29 is 18.5 Å². The second-order valence-corrected chi connectivity index (χ2v) is 15.1. The molecule has 2 saturated carbocycles. The van der Waals surface area contributed by atoms with Gasteiger partial charge in [0.15, 0.2) is 0 Å². The third-order valence-corrected chi connectivity index (χ3v) is 11.7. The van der Waals surface area contributed by atoms with Gasteiger partial charge in [-0.15, -0.1) is 4.36 Å². The van der Waals surface area contributed by atoms with Crippen molar-refractivity contribution in [3.8, 4) is 5.75 Å². The second kappa shape index (κ2) is 10.4. The zero-order chi connectivity index (χ0) is 28.4. The van der Waals surface area contributed by atoms with Crippen LogP contribution >= 0.6 is 11.6 Å². The van der Waals surface area contributed by atoms with E-state index in [0.29, 0.717) is 48.7 Å². The van der Waals surface area contributed by atoms with Gasteiger partial charge in [0.05, 0.1) is 18.4 Å². The van der Waals surface area contributed by atoms with Gasteiger partial charge in [0, 0.05) is 42.0 Å². The van der Waals surface area contributed by atoms with E-state index < -0.39 is 15.8 Å². The average molecular weight is 596 g/mol. The number of nitrogens with two attached hydrogens (primary N) is 1. The SMILES string of the molecule is CO[C@H]1/C=C/CCCS(N)(=O)=NC(=O)c2ccc3c(c2)N(C[C@@H]2CC[C@H]21)C[C@]1(CO3)C[C@@H]2C[C@@H]2c2cc(Cl)ccc21. The largest absolute Gasteiger partial charge is 0.490 e. The van der Waals surface area contributed by atoms with Crippen LogP contribution in [0.25, 0.3) is 0 Å². The van der Waals surface area contributed by atoms with Gasteiger partial charge in [0.1, 0.15) is 15.7 Å². The fourth-order valence-corrected chi connectivity index (χ4v) is 9.02. The fourth-order valence-electron chi connectivity index (χ4n) is 7.78. The molecule has 7 nitrogen and oxygen atoms in total. The van der Waals surface area contributed by atoms with Crippen molar-refractivity contribution in [2.24, 2.45) is 27.3 Å². The topological polar surface area (TPSA) is 94.2 Å². The molecule has 0 radical (unpaired) electrons. The van der Waals surface area contributed by atoms with E-state index in [0.717, 1.165) is 48.8 Å². The third-order valence-electron chi connectivity index (χ3n) is 10.1. The molecule has 2 fully saturated rings. The number of methoxy groups -OCH3 is 1. The van der Waals surface area contributed by atoms with E-state index in [2.05, 4.69) is 33.5 Å². The molecule has 5 aliphatic rings. The van der Waals surface area contributed by atoms with Gasteiger partial charge in [-0.05, 0) is 104 Å².